The molecule has 0 heterocycles. The first-order valence-electron chi connectivity index (χ1n) is 9.90. The van der Waals surface area contributed by atoms with Crippen LogP contribution in [0.3, 0.4) is 0 Å². The Morgan fingerprint density at radius 3 is 2.03 bits per heavy atom. The molecule has 0 saturated carbocycles. The lowest BCUT2D eigenvalue weighted by molar-refractivity contribution is -0.394. The molecule has 1 amide bonds. The Labute approximate surface area is 189 Å². The minimum Gasteiger partial charge on any atom is -0.497 e. The highest BCUT2D eigenvalue weighted by molar-refractivity contribution is 6.07. The van der Waals surface area contributed by atoms with Gasteiger partial charge in [0.2, 0.25) is 0 Å². The minimum absolute atomic E-state index is 0.153. The zero-order valence-electron chi connectivity index (χ0n) is 18.0. The Morgan fingerprint density at radius 1 is 0.939 bits per heavy atom. The largest absolute Gasteiger partial charge is 0.497 e. The van der Waals surface area contributed by atoms with E-state index in [9.17, 15) is 25.0 Å². The Hall–Kier alpha value is -4.53. The van der Waals surface area contributed by atoms with E-state index in [-0.39, 0.29) is 12.1 Å². The van der Waals surface area contributed by atoms with Gasteiger partial charge in [-0.3, -0.25) is 25.0 Å². The molecular formula is C24H21N3O6. The molecule has 0 bridgehead atoms. The van der Waals surface area contributed by atoms with Crippen molar-refractivity contribution in [1.29, 1.82) is 0 Å². The number of nitrogens with zero attached hydrogens (tertiary/aromatic N) is 3. The van der Waals surface area contributed by atoms with Crippen LogP contribution in [-0.4, -0.2) is 29.4 Å². The maximum atomic E-state index is 13.5. The maximum absolute atomic E-state index is 13.5. The maximum Gasteiger partial charge on any atom is 0.277 e. The van der Waals surface area contributed by atoms with Crippen LogP contribution >= 0.6 is 0 Å². The first-order chi connectivity index (χ1) is 15.8. The summed E-state index contributed by atoms with van der Waals surface area (Å²) in [5, 5.41) is 22.6. The average Bonchev–Trinajstić information content (AvgIpc) is 2.82. The van der Waals surface area contributed by atoms with Gasteiger partial charge in [-0.1, -0.05) is 42.0 Å². The van der Waals surface area contributed by atoms with E-state index in [0.717, 1.165) is 29.3 Å². The lowest BCUT2D eigenvalue weighted by Crippen LogP contribution is -2.32. The molecule has 0 spiro atoms. The fourth-order valence-electron chi connectivity index (χ4n) is 3.26. The molecule has 33 heavy (non-hydrogen) atoms. The van der Waals surface area contributed by atoms with E-state index in [1.807, 2.05) is 43.3 Å². The van der Waals surface area contributed by atoms with Crippen LogP contribution in [0.2, 0.25) is 0 Å². The number of carbonyl (C=O) groups is 1. The molecular weight excluding hydrogens is 426 g/mol. The number of nitro benzene ring substituents is 2. The number of methoxy groups -OCH3 is 1. The molecule has 0 aromatic heterocycles. The predicted octanol–water partition coefficient (Wildman–Crippen LogP) is 5.26. The topological polar surface area (TPSA) is 116 Å². The van der Waals surface area contributed by atoms with Crippen LogP contribution in [0.25, 0.3) is 6.08 Å². The van der Waals surface area contributed by atoms with Crippen molar-refractivity contribution in [2.75, 3.05) is 18.6 Å². The molecule has 9 heteroatoms. The van der Waals surface area contributed by atoms with Gasteiger partial charge in [0, 0.05) is 24.4 Å². The molecule has 0 aliphatic rings. The van der Waals surface area contributed by atoms with Gasteiger partial charge in [-0.15, -0.1) is 0 Å². The highest BCUT2D eigenvalue weighted by Gasteiger charge is 2.24. The number of ether oxygens (including phenoxy) is 1. The van der Waals surface area contributed by atoms with Crippen LogP contribution in [-0.2, 0) is 0 Å². The highest BCUT2D eigenvalue weighted by Crippen LogP contribution is 2.27. The van der Waals surface area contributed by atoms with Crippen molar-refractivity contribution in [2.24, 2.45) is 0 Å². The number of hydrogen-bond donors (Lipinski definition) is 0. The Kier molecular flexibility index (Phi) is 7.14. The number of hydrogen-bond acceptors (Lipinski definition) is 6. The summed E-state index contributed by atoms with van der Waals surface area (Å²) in [6.07, 6.45) is 1.92. The Bertz CT molecular complexity index is 1170. The molecule has 0 unspecified atom stereocenters. The van der Waals surface area contributed by atoms with E-state index < -0.39 is 27.1 Å². The molecule has 3 aromatic carbocycles. The van der Waals surface area contributed by atoms with Gasteiger partial charge >= 0.3 is 0 Å². The van der Waals surface area contributed by atoms with E-state index in [1.54, 1.807) is 24.3 Å². The number of anilines is 1. The molecule has 3 rings (SSSR count). The summed E-state index contributed by atoms with van der Waals surface area (Å²) in [5.74, 6) is -0.0125. The molecule has 0 N–H and O–H groups in total. The third-order valence-corrected chi connectivity index (χ3v) is 4.82. The quantitative estimate of drug-likeness (QED) is 0.343. The van der Waals surface area contributed by atoms with Gasteiger partial charge in [0.1, 0.15) is 5.75 Å². The second-order valence-corrected chi connectivity index (χ2v) is 7.24. The molecule has 168 valence electrons. The average molecular weight is 447 g/mol. The van der Waals surface area contributed by atoms with Crippen molar-refractivity contribution in [3.8, 4) is 5.75 Å². The first kappa shape index (κ1) is 23.1. The normalized spacial score (nSPS) is 11.0. The summed E-state index contributed by atoms with van der Waals surface area (Å²) in [4.78, 5) is 35.9. The number of carbonyl (C=O) groups excluding carboxylic acids is 1. The lowest BCUT2D eigenvalue weighted by Gasteiger charge is -2.24. The van der Waals surface area contributed by atoms with Gasteiger partial charge in [-0.2, -0.15) is 0 Å². The number of benzene rings is 3. The van der Waals surface area contributed by atoms with Crippen molar-refractivity contribution in [1.82, 2.24) is 0 Å². The summed E-state index contributed by atoms with van der Waals surface area (Å²) in [7, 11) is 1.52. The van der Waals surface area contributed by atoms with Gasteiger partial charge in [0.05, 0.1) is 28.6 Å². The molecule has 3 aromatic rings. The summed E-state index contributed by atoms with van der Waals surface area (Å²) in [6.45, 7) is 2.02. The summed E-state index contributed by atoms with van der Waals surface area (Å²) < 4.78 is 5.17. The summed E-state index contributed by atoms with van der Waals surface area (Å²) in [6, 6.07) is 19.2. The fourth-order valence-corrected chi connectivity index (χ4v) is 3.26. The van der Waals surface area contributed by atoms with Crippen LogP contribution in [0.15, 0.2) is 78.4 Å². The molecule has 0 aliphatic heterocycles. The number of amides is 1. The van der Waals surface area contributed by atoms with Gasteiger partial charge in [0.15, 0.2) is 0 Å². The van der Waals surface area contributed by atoms with Crippen molar-refractivity contribution in [2.45, 2.75) is 6.92 Å². The first-order valence-corrected chi connectivity index (χ1v) is 9.90. The SMILES string of the molecule is COc1ccc(N(C/C(C)=C/c2ccccc2)C(=O)c2cc([N+](=O)[O-])cc([N+](=O)[O-])c2)cc1. The number of non-ortho nitro benzene ring substituents is 2. The van der Waals surface area contributed by atoms with E-state index in [1.165, 1.54) is 12.0 Å². The summed E-state index contributed by atoms with van der Waals surface area (Å²) in [5.41, 5.74) is 1.08. The van der Waals surface area contributed by atoms with Crippen LogP contribution in [0.1, 0.15) is 22.8 Å². The third kappa shape index (κ3) is 5.79. The van der Waals surface area contributed by atoms with Crippen LogP contribution in [0.5, 0.6) is 5.75 Å². The van der Waals surface area contributed by atoms with Crippen molar-refractivity contribution >= 4 is 29.0 Å². The molecule has 0 aliphatic carbocycles. The van der Waals surface area contributed by atoms with E-state index in [0.29, 0.717) is 11.4 Å². The summed E-state index contributed by atoms with van der Waals surface area (Å²) >= 11 is 0. The number of rotatable bonds is 8. The zero-order chi connectivity index (χ0) is 24.0. The molecule has 0 saturated heterocycles. The van der Waals surface area contributed by atoms with Gasteiger partial charge < -0.3 is 9.64 Å². The van der Waals surface area contributed by atoms with E-state index in [4.69, 9.17) is 4.74 Å². The molecule has 0 atom stereocenters. The Balaban J connectivity index is 2.04. The second-order valence-electron chi connectivity index (χ2n) is 7.24. The number of nitro groups is 2. The van der Waals surface area contributed by atoms with Crippen molar-refractivity contribution in [3.05, 3.63) is 110 Å². The third-order valence-electron chi connectivity index (χ3n) is 4.82. The molecule has 0 fully saturated rings. The highest BCUT2D eigenvalue weighted by atomic mass is 16.6. The second kappa shape index (κ2) is 10.2. The molecule has 0 radical (unpaired) electrons. The lowest BCUT2D eigenvalue weighted by atomic mass is 10.1. The fraction of sp³-hybridized carbons (Fsp3) is 0.125. The zero-order valence-corrected chi connectivity index (χ0v) is 18.0. The van der Waals surface area contributed by atoms with Crippen LogP contribution in [0, 0.1) is 20.2 Å². The molecule has 9 nitrogen and oxygen atoms in total. The van der Waals surface area contributed by atoms with Gasteiger partial charge in [0.25, 0.3) is 17.3 Å². The van der Waals surface area contributed by atoms with Crippen molar-refractivity contribution in [3.63, 3.8) is 0 Å². The van der Waals surface area contributed by atoms with Gasteiger partial charge in [-0.05, 0) is 36.8 Å². The predicted molar refractivity (Wildman–Crippen MR) is 125 cm³/mol. The van der Waals surface area contributed by atoms with Crippen LogP contribution < -0.4 is 9.64 Å². The minimum atomic E-state index is -0.762. The van der Waals surface area contributed by atoms with E-state index >= 15 is 0 Å². The monoisotopic (exact) mass is 447 g/mol. The van der Waals surface area contributed by atoms with Gasteiger partial charge in [-0.25, -0.2) is 0 Å². The smallest absolute Gasteiger partial charge is 0.277 e. The Morgan fingerprint density at radius 2 is 1.52 bits per heavy atom. The standard InChI is InChI=1S/C24H21N3O6/c1-17(12-18-6-4-3-5-7-18)16-25(20-8-10-23(33-2)11-9-20)24(28)19-13-21(26(29)30)15-22(14-19)27(31)32/h3-15H,16H2,1-2H3/b17-12+. The van der Waals surface area contributed by atoms with Crippen molar-refractivity contribution < 1.29 is 19.4 Å². The van der Waals surface area contributed by atoms with Crippen LogP contribution in [0.4, 0.5) is 17.1 Å². The van der Waals surface area contributed by atoms with E-state index in [2.05, 4.69) is 0 Å².